The highest BCUT2D eigenvalue weighted by molar-refractivity contribution is 9.10. The maximum Gasteiger partial charge on any atom is 0.241 e. The van der Waals surface area contributed by atoms with E-state index in [0.717, 1.165) is 0 Å². The summed E-state index contributed by atoms with van der Waals surface area (Å²) in [6.07, 6.45) is 2.74. The summed E-state index contributed by atoms with van der Waals surface area (Å²) in [6, 6.07) is 4.19. The Labute approximate surface area is 83.4 Å². The van der Waals surface area contributed by atoms with Crippen molar-refractivity contribution in [3.63, 3.8) is 0 Å². The lowest BCUT2D eigenvalue weighted by molar-refractivity contribution is -0.113. The monoisotopic (exact) mass is 243 g/mol. The maximum absolute atomic E-state index is 12.6. The fraction of sp³-hybridized carbons (Fsp3) is 0. The summed E-state index contributed by atoms with van der Waals surface area (Å²) in [4.78, 5) is 10.4. The zero-order valence-corrected chi connectivity index (χ0v) is 8.21. The van der Waals surface area contributed by atoms with E-state index in [-0.39, 0.29) is 5.82 Å². The van der Waals surface area contributed by atoms with Crippen LogP contribution in [-0.4, -0.2) is 5.91 Å². The first kappa shape index (κ1) is 9.92. The van der Waals surface area contributed by atoms with Gasteiger partial charge >= 0.3 is 0 Å². The van der Waals surface area contributed by atoms with Crippen molar-refractivity contribution >= 4 is 27.9 Å². The molecular weight excluding hydrogens is 237 g/mol. The lowest BCUT2D eigenvalue weighted by Crippen LogP contribution is -2.05. The highest BCUT2D eigenvalue weighted by Crippen LogP contribution is 2.18. The van der Waals surface area contributed by atoms with Crippen molar-refractivity contribution in [3.05, 3.63) is 40.1 Å². The molecule has 1 amide bonds. The summed E-state index contributed by atoms with van der Waals surface area (Å²) < 4.78 is 13.2. The molecule has 0 spiro atoms. The van der Waals surface area contributed by atoms with Gasteiger partial charge in [0.25, 0.3) is 0 Å². The van der Waals surface area contributed by atoms with Crippen LogP contribution in [0.1, 0.15) is 5.56 Å². The molecule has 1 aromatic carbocycles. The molecule has 4 heteroatoms. The van der Waals surface area contributed by atoms with Gasteiger partial charge in [0.2, 0.25) is 5.91 Å². The maximum atomic E-state index is 12.6. The summed E-state index contributed by atoms with van der Waals surface area (Å²) >= 11 is 3.15. The van der Waals surface area contributed by atoms with Gasteiger partial charge in [-0.1, -0.05) is 22.0 Å². The average molecular weight is 244 g/mol. The molecule has 0 aliphatic heterocycles. The molecule has 0 aromatic heterocycles. The van der Waals surface area contributed by atoms with Crippen molar-refractivity contribution in [3.8, 4) is 0 Å². The van der Waals surface area contributed by atoms with Crippen molar-refractivity contribution < 1.29 is 9.18 Å². The van der Waals surface area contributed by atoms with Crippen LogP contribution in [0.2, 0.25) is 0 Å². The number of hydrogen-bond acceptors (Lipinski definition) is 1. The zero-order chi connectivity index (χ0) is 9.84. The number of hydrogen-bond donors (Lipinski definition) is 1. The van der Waals surface area contributed by atoms with Gasteiger partial charge < -0.3 is 5.73 Å². The van der Waals surface area contributed by atoms with Crippen molar-refractivity contribution in [1.82, 2.24) is 0 Å². The predicted molar refractivity (Wildman–Crippen MR) is 52.3 cm³/mol. The molecule has 68 valence electrons. The van der Waals surface area contributed by atoms with Crippen LogP contribution in [0.4, 0.5) is 4.39 Å². The lowest BCUT2D eigenvalue weighted by atomic mass is 10.2. The van der Waals surface area contributed by atoms with E-state index in [1.165, 1.54) is 24.3 Å². The second-order valence-corrected chi connectivity index (χ2v) is 3.26. The Balaban J connectivity index is 2.96. The molecule has 0 bridgehead atoms. The van der Waals surface area contributed by atoms with E-state index in [0.29, 0.717) is 10.0 Å². The van der Waals surface area contributed by atoms with Gasteiger partial charge in [-0.05, 0) is 23.8 Å². The fourth-order valence-electron chi connectivity index (χ4n) is 0.809. The largest absolute Gasteiger partial charge is 0.366 e. The highest BCUT2D eigenvalue weighted by Gasteiger charge is 1.97. The Hall–Kier alpha value is -1.16. The Morgan fingerprint density at radius 3 is 2.77 bits per heavy atom. The van der Waals surface area contributed by atoms with Crippen LogP contribution in [0.5, 0.6) is 0 Å². The summed E-state index contributed by atoms with van der Waals surface area (Å²) in [5.41, 5.74) is 5.61. The summed E-state index contributed by atoms with van der Waals surface area (Å²) in [6.45, 7) is 0. The predicted octanol–water partition coefficient (Wildman–Crippen LogP) is 2.09. The summed E-state index contributed by atoms with van der Waals surface area (Å²) in [7, 11) is 0. The third-order valence-electron chi connectivity index (χ3n) is 1.39. The molecule has 0 unspecified atom stereocenters. The minimum atomic E-state index is -0.531. The van der Waals surface area contributed by atoms with Crippen LogP contribution in [0.15, 0.2) is 28.7 Å². The van der Waals surface area contributed by atoms with Gasteiger partial charge in [0.05, 0.1) is 0 Å². The number of primary amides is 1. The second kappa shape index (κ2) is 4.18. The normalized spacial score (nSPS) is 10.6. The van der Waals surface area contributed by atoms with Crippen molar-refractivity contribution in [2.24, 2.45) is 5.73 Å². The van der Waals surface area contributed by atoms with Crippen LogP contribution < -0.4 is 5.73 Å². The van der Waals surface area contributed by atoms with Crippen LogP contribution in [-0.2, 0) is 4.79 Å². The van der Waals surface area contributed by atoms with Crippen LogP contribution in [0.3, 0.4) is 0 Å². The van der Waals surface area contributed by atoms with E-state index in [1.807, 2.05) is 0 Å². The molecule has 0 aliphatic carbocycles. The molecule has 0 radical (unpaired) electrons. The molecular formula is C9H7BrFNO. The van der Waals surface area contributed by atoms with E-state index in [1.54, 1.807) is 6.07 Å². The fourth-order valence-corrected chi connectivity index (χ4v) is 1.29. The quantitative estimate of drug-likeness (QED) is 0.795. The number of halogens is 2. The van der Waals surface area contributed by atoms with E-state index >= 15 is 0 Å². The molecule has 1 aromatic rings. The van der Waals surface area contributed by atoms with E-state index < -0.39 is 5.91 Å². The number of amides is 1. The Morgan fingerprint density at radius 1 is 1.54 bits per heavy atom. The standard InChI is InChI=1S/C9H7BrFNO/c10-8-5-7(11)3-1-6(8)2-4-9(12)13/h1-5H,(H2,12,13)/b4-2+. The molecule has 0 saturated heterocycles. The molecule has 2 nitrogen and oxygen atoms in total. The zero-order valence-electron chi connectivity index (χ0n) is 6.63. The first-order valence-corrected chi connectivity index (χ1v) is 4.31. The molecule has 13 heavy (non-hydrogen) atoms. The molecule has 0 aliphatic rings. The highest BCUT2D eigenvalue weighted by atomic mass is 79.9. The van der Waals surface area contributed by atoms with Gasteiger partial charge in [-0.3, -0.25) is 4.79 Å². The van der Waals surface area contributed by atoms with E-state index in [4.69, 9.17) is 5.73 Å². The Morgan fingerprint density at radius 2 is 2.23 bits per heavy atom. The van der Waals surface area contributed by atoms with Crippen LogP contribution in [0.25, 0.3) is 6.08 Å². The molecule has 2 N–H and O–H groups in total. The first-order chi connectivity index (χ1) is 6.09. The van der Waals surface area contributed by atoms with E-state index in [9.17, 15) is 9.18 Å². The molecule has 0 saturated carbocycles. The van der Waals surface area contributed by atoms with Gasteiger partial charge in [-0.2, -0.15) is 0 Å². The number of rotatable bonds is 2. The van der Waals surface area contributed by atoms with Gasteiger partial charge in [-0.25, -0.2) is 4.39 Å². The Bertz CT molecular complexity index is 363. The number of nitrogens with two attached hydrogens (primary N) is 1. The van der Waals surface area contributed by atoms with Crippen LogP contribution >= 0.6 is 15.9 Å². The molecule has 0 heterocycles. The lowest BCUT2D eigenvalue weighted by Gasteiger charge is -1.96. The summed E-state index contributed by atoms with van der Waals surface area (Å²) in [5.74, 6) is -0.862. The van der Waals surface area contributed by atoms with Gasteiger partial charge in [0, 0.05) is 10.5 Å². The van der Waals surface area contributed by atoms with Crippen LogP contribution in [0, 0.1) is 5.82 Å². The molecule has 0 atom stereocenters. The van der Waals surface area contributed by atoms with E-state index in [2.05, 4.69) is 15.9 Å². The third-order valence-corrected chi connectivity index (χ3v) is 2.08. The SMILES string of the molecule is NC(=O)/C=C/c1ccc(F)cc1Br. The number of carbonyl (C=O) groups excluding carboxylic acids is 1. The molecule has 1 rings (SSSR count). The Kier molecular flexibility index (Phi) is 3.19. The van der Waals surface area contributed by atoms with Gasteiger partial charge in [0.1, 0.15) is 5.82 Å². The minimum Gasteiger partial charge on any atom is -0.366 e. The van der Waals surface area contributed by atoms with Crippen molar-refractivity contribution in [1.29, 1.82) is 0 Å². The third kappa shape index (κ3) is 2.99. The molecule has 0 fully saturated rings. The minimum absolute atomic E-state index is 0.330. The van der Waals surface area contributed by atoms with Gasteiger partial charge in [-0.15, -0.1) is 0 Å². The number of carbonyl (C=O) groups is 1. The van der Waals surface area contributed by atoms with Crippen molar-refractivity contribution in [2.75, 3.05) is 0 Å². The average Bonchev–Trinajstić information content (AvgIpc) is 2.02. The number of benzene rings is 1. The second-order valence-electron chi connectivity index (χ2n) is 2.40. The smallest absolute Gasteiger partial charge is 0.241 e. The van der Waals surface area contributed by atoms with Crippen molar-refractivity contribution in [2.45, 2.75) is 0 Å². The summed E-state index contributed by atoms with van der Waals surface area (Å²) in [5, 5.41) is 0. The topological polar surface area (TPSA) is 43.1 Å². The van der Waals surface area contributed by atoms with Gasteiger partial charge in [0.15, 0.2) is 0 Å². The first-order valence-electron chi connectivity index (χ1n) is 3.52.